The number of fused-ring (bicyclic) bond motifs is 9. The molecule has 3 aromatic heterocycles. The lowest BCUT2D eigenvalue weighted by Crippen LogP contribution is -2.57. The molecule has 70 heavy (non-hydrogen) atoms. The Balaban J connectivity index is 1.08. The predicted molar refractivity (Wildman–Crippen MR) is 290 cm³/mol. The SMILES string of the molecule is c1ccc(B2c3cc4c(cc3-c3cc5c6ccccc6n(-c6cccc(-c7ccccc7)c6)c5cc3N2c2ccccc2)c2ccccc2n4-c2nc(-c3ccccc3)nc(-c3ccccc3)n2)cc1. The molecule has 0 saturated carbocycles. The third-order valence-corrected chi connectivity index (χ3v) is 14.0. The van der Waals surface area contributed by atoms with E-state index in [-0.39, 0.29) is 6.85 Å². The van der Waals surface area contributed by atoms with Crippen molar-refractivity contribution in [1.82, 2.24) is 24.1 Å². The summed E-state index contributed by atoms with van der Waals surface area (Å²) in [6.45, 7) is -0.197. The van der Waals surface area contributed by atoms with Crippen LogP contribution in [0, 0.1) is 0 Å². The fourth-order valence-electron chi connectivity index (χ4n) is 10.9. The molecule has 0 unspecified atom stereocenters. The van der Waals surface area contributed by atoms with E-state index in [0.29, 0.717) is 17.6 Å². The number of anilines is 2. The molecule has 0 saturated heterocycles. The van der Waals surface area contributed by atoms with E-state index in [2.05, 4.69) is 226 Å². The van der Waals surface area contributed by atoms with Crippen molar-refractivity contribution in [3.05, 3.63) is 249 Å². The predicted octanol–water partition coefficient (Wildman–Crippen LogP) is 14.0. The fourth-order valence-corrected chi connectivity index (χ4v) is 10.9. The van der Waals surface area contributed by atoms with Gasteiger partial charge in [0.1, 0.15) is 0 Å². The molecule has 7 heteroatoms. The van der Waals surface area contributed by atoms with Gasteiger partial charge in [-0.3, -0.25) is 4.57 Å². The number of rotatable bonds is 7. The molecule has 0 atom stereocenters. The van der Waals surface area contributed by atoms with E-state index in [0.717, 1.165) is 61.0 Å². The molecule has 326 valence electrons. The number of para-hydroxylation sites is 3. The van der Waals surface area contributed by atoms with Crippen LogP contribution < -0.4 is 15.7 Å². The molecule has 0 fully saturated rings. The molecule has 0 spiro atoms. The monoisotopic (exact) mass is 892 g/mol. The van der Waals surface area contributed by atoms with E-state index in [9.17, 15) is 0 Å². The lowest BCUT2D eigenvalue weighted by atomic mass is 9.45. The van der Waals surface area contributed by atoms with Gasteiger partial charge in [-0.25, -0.2) is 4.98 Å². The van der Waals surface area contributed by atoms with Crippen LogP contribution in [0.4, 0.5) is 11.4 Å². The van der Waals surface area contributed by atoms with Crippen molar-refractivity contribution in [2.75, 3.05) is 4.81 Å². The summed E-state index contributed by atoms with van der Waals surface area (Å²) in [6.07, 6.45) is 0. The van der Waals surface area contributed by atoms with Gasteiger partial charge in [-0.05, 0) is 82.8 Å². The van der Waals surface area contributed by atoms with Gasteiger partial charge < -0.3 is 9.38 Å². The third kappa shape index (κ3) is 6.40. The van der Waals surface area contributed by atoms with Crippen LogP contribution in [-0.4, -0.2) is 30.9 Å². The number of aromatic nitrogens is 5. The minimum Gasteiger partial charge on any atom is -0.376 e. The maximum Gasteiger partial charge on any atom is 0.328 e. The Morgan fingerprint density at radius 2 is 0.800 bits per heavy atom. The molecule has 10 aromatic carbocycles. The van der Waals surface area contributed by atoms with Crippen LogP contribution in [0.5, 0.6) is 0 Å². The van der Waals surface area contributed by atoms with Gasteiger partial charge in [0.2, 0.25) is 5.95 Å². The van der Waals surface area contributed by atoms with Crippen LogP contribution in [0.25, 0.3) is 100 Å². The average molecular weight is 893 g/mol. The van der Waals surface area contributed by atoms with Crippen molar-refractivity contribution in [2.24, 2.45) is 0 Å². The van der Waals surface area contributed by atoms with Gasteiger partial charge in [0.05, 0.1) is 22.1 Å². The van der Waals surface area contributed by atoms with Gasteiger partial charge in [0.15, 0.2) is 11.6 Å². The Bertz CT molecular complexity index is 4060. The highest BCUT2D eigenvalue weighted by Gasteiger charge is 2.39. The summed E-state index contributed by atoms with van der Waals surface area (Å²) >= 11 is 0. The van der Waals surface area contributed by atoms with Crippen LogP contribution >= 0.6 is 0 Å². The topological polar surface area (TPSA) is 51.8 Å². The molecular weight excluding hydrogens is 852 g/mol. The van der Waals surface area contributed by atoms with Crippen LogP contribution in [0.1, 0.15) is 0 Å². The lowest BCUT2D eigenvalue weighted by molar-refractivity contribution is 0.953. The van der Waals surface area contributed by atoms with E-state index in [1.54, 1.807) is 0 Å². The molecule has 1 aliphatic rings. The van der Waals surface area contributed by atoms with Crippen molar-refractivity contribution in [3.8, 4) is 56.7 Å². The summed E-state index contributed by atoms with van der Waals surface area (Å²) in [6, 6.07) is 89.1. The van der Waals surface area contributed by atoms with Gasteiger partial charge in [-0.1, -0.05) is 194 Å². The van der Waals surface area contributed by atoms with E-state index in [1.807, 2.05) is 36.4 Å². The number of benzene rings is 10. The van der Waals surface area contributed by atoms with E-state index in [4.69, 9.17) is 15.0 Å². The molecule has 0 N–H and O–H groups in total. The Labute approximate surface area is 405 Å². The first-order valence-electron chi connectivity index (χ1n) is 23.8. The second kappa shape index (κ2) is 16.2. The Kier molecular flexibility index (Phi) is 9.20. The van der Waals surface area contributed by atoms with Crippen molar-refractivity contribution in [2.45, 2.75) is 0 Å². The van der Waals surface area contributed by atoms with Crippen molar-refractivity contribution in [3.63, 3.8) is 0 Å². The number of hydrogen-bond acceptors (Lipinski definition) is 4. The van der Waals surface area contributed by atoms with Crippen molar-refractivity contribution < 1.29 is 0 Å². The molecule has 14 rings (SSSR count). The lowest BCUT2D eigenvalue weighted by Gasteiger charge is -2.39. The van der Waals surface area contributed by atoms with Gasteiger partial charge in [0.25, 0.3) is 0 Å². The molecule has 0 bridgehead atoms. The number of nitrogens with zero attached hydrogens (tertiary/aromatic N) is 6. The van der Waals surface area contributed by atoms with E-state index < -0.39 is 0 Å². The standard InChI is InChI=1S/C63H41BN6/c1-6-21-42(22-7-1)45-27-20-32-48(37-45)68-56-35-18-16-33-49(56)53-39-54-51-38-52-50-34-17-19-36-57(50)69(63-66-61(43-23-8-2-9-24-43)65-62(67-63)44-25-10-3-11-26-44)58(52)40-55(51)64(46-28-12-4-13-29-46)70(60(54)41-59(53)68)47-30-14-5-15-31-47/h1-41H. The quantitative estimate of drug-likeness (QED) is 0.150. The first-order valence-corrected chi connectivity index (χ1v) is 23.8. The molecule has 13 aromatic rings. The highest BCUT2D eigenvalue weighted by molar-refractivity contribution is 6.91. The summed E-state index contributed by atoms with van der Waals surface area (Å²) in [5.74, 6) is 1.81. The van der Waals surface area contributed by atoms with Gasteiger partial charge in [-0.2, -0.15) is 9.97 Å². The molecular formula is C63H41BN6. The maximum atomic E-state index is 5.30. The summed E-state index contributed by atoms with van der Waals surface area (Å²) in [5, 5.41) is 4.66. The van der Waals surface area contributed by atoms with Gasteiger partial charge in [-0.15, -0.1) is 0 Å². The number of hydrogen-bond donors (Lipinski definition) is 0. The van der Waals surface area contributed by atoms with Gasteiger partial charge in [0, 0.05) is 55.3 Å². The van der Waals surface area contributed by atoms with Crippen LogP contribution in [0.15, 0.2) is 249 Å². The van der Waals surface area contributed by atoms with Crippen molar-refractivity contribution >= 4 is 72.8 Å². The molecule has 0 aliphatic carbocycles. The summed E-state index contributed by atoms with van der Waals surface area (Å²) in [5.41, 5.74) is 16.7. The maximum absolute atomic E-state index is 5.30. The summed E-state index contributed by atoms with van der Waals surface area (Å²) in [4.78, 5) is 18.2. The van der Waals surface area contributed by atoms with Crippen LogP contribution in [-0.2, 0) is 0 Å². The normalized spacial score (nSPS) is 12.2. The molecule has 0 radical (unpaired) electrons. The van der Waals surface area contributed by atoms with Gasteiger partial charge >= 0.3 is 6.85 Å². The first-order chi connectivity index (χ1) is 34.7. The highest BCUT2D eigenvalue weighted by atomic mass is 15.2. The molecule has 4 heterocycles. The summed E-state index contributed by atoms with van der Waals surface area (Å²) in [7, 11) is 0. The van der Waals surface area contributed by atoms with Crippen LogP contribution in [0.3, 0.4) is 0 Å². The Hall–Kier alpha value is -9.33. The molecule has 1 aliphatic heterocycles. The molecule has 6 nitrogen and oxygen atoms in total. The third-order valence-electron chi connectivity index (χ3n) is 14.0. The van der Waals surface area contributed by atoms with Crippen LogP contribution in [0.2, 0.25) is 0 Å². The Morgan fingerprint density at radius 3 is 1.43 bits per heavy atom. The zero-order valence-electron chi connectivity index (χ0n) is 37.9. The van der Waals surface area contributed by atoms with E-state index >= 15 is 0 Å². The largest absolute Gasteiger partial charge is 0.376 e. The fraction of sp³-hybridized carbons (Fsp3) is 0. The Morgan fingerprint density at radius 1 is 0.314 bits per heavy atom. The second-order valence-electron chi connectivity index (χ2n) is 18.0. The van der Waals surface area contributed by atoms with Crippen molar-refractivity contribution in [1.29, 1.82) is 0 Å². The zero-order valence-corrected chi connectivity index (χ0v) is 37.9. The highest BCUT2D eigenvalue weighted by Crippen LogP contribution is 2.47. The van der Waals surface area contributed by atoms with E-state index in [1.165, 1.54) is 44.0 Å². The second-order valence-corrected chi connectivity index (χ2v) is 18.0. The first kappa shape index (κ1) is 39.8. The zero-order chi connectivity index (χ0) is 46.1. The molecule has 0 amide bonds. The average Bonchev–Trinajstić information content (AvgIpc) is 3.94. The minimum atomic E-state index is -0.197. The minimum absolute atomic E-state index is 0.197. The smallest absolute Gasteiger partial charge is 0.328 e. The summed E-state index contributed by atoms with van der Waals surface area (Å²) < 4.78 is 4.70.